The molecule has 0 saturated carbocycles. The summed E-state index contributed by atoms with van der Waals surface area (Å²) in [7, 11) is 0. The largest absolute Gasteiger partial charge is 0.372 e. The fourth-order valence-electron chi connectivity index (χ4n) is 2.20. The number of hydrogen-bond donors (Lipinski definition) is 2. The molecule has 2 aliphatic heterocycles. The van der Waals surface area contributed by atoms with Gasteiger partial charge in [-0.15, -0.1) is 11.8 Å². The highest BCUT2D eigenvalue weighted by molar-refractivity contribution is 8.03. The van der Waals surface area contributed by atoms with Crippen molar-refractivity contribution in [2.75, 3.05) is 10.6 Å². The first kappa shape index (κ1) is 10.7. The fourth-order valence-corrected chi connectivity index (χ4v) is 3.17. The lowest BCUT2D eigenvalue weighted by Gasteiger charge is -2.28. The third-order valence-corrected chi connectivity index (χ3v) is 4.22. The number of nitrogens with one attached hydrogen (secondary N) is 2. The van der Waals surface area contributed by atoms with E-state index in [2.05, 4.69) is 22.1 Å². The number of carbonyl (C=O) groups excluding carboxylic acids is 1. The summed E-state index contributed by atoms with van der Waals surface area (Å²) < 4.78 is 0. The number of carbonyl (C=O) groups is 1. The summed E-state index contributed by atoms with van der Waals surface area (Å²) >= 11 is 1.82. The van der Waals surface area contributed by atoms with E-state index in [1.165, 1.54) is 0 Å². The molecule has 2 atom stereocenters. The van der Waals surface area contributed by atoms with E-state index >= 15 is 0 Å². The molecule has 4 heteroatoms. The van der Waals surface area contributed by atoms with Crippen LogP contribution in [-0.2, 0) is 4.79 Å². The maximum Gasteiger partial charge on any atom is 0.246 e. The maximum absolute atomic E-state index is 11.9. The minimum Gasteiger partial charge on any atom is -0.372 e. The highest BCUT2D eigenvalue weighted by Gasteiger charge is 2.28. The molecule has 1 unspecified atom stereocenters. The Morgan fingerprint density at radius 3 is 2.88 bits per heavy atom. The molecule has 0 fully saturated rings. The summed E-state index contributed by atoms with van der Waals surface area (Å²) in [6, 6.07) is 7.72. The summed E-state index contributed by atoms with van der Waals surface area (Å²) in [4.78, 5) is 11.9. The topological polar surface area (TPSA) is 41.1 Å². The molecule has 1 amide bonds. The molecule has 2 heterocycles. The van der Waals surface area contributed by atoms with Crippen molar-refractivity contribution in [2.24, 2.45) is 0 Å². The minimum absolute atomic E-state index is 0.0798. The van der Waals surface area contributed by atoms with Gasteiger partial charge in [0.15, 0.2) is 0 Å². The van der Waals surface area contributed by atoms with Gasteiger partial charge in [-0.3, -0.25) is 4.79 Å². The molecule has 0 bridgehead atoms. The number of amides is 1. The van der Waals surface area contributed by atoms with Crippen LogP contribution in [0.1, 0.15) is 12.8 Å². The maximum atomic E-state index is 11.9. The smallest absolute Gasteiger partial charge is 0.246 e. The Morgan fingerprint density at radius 1 is 1.29 bits per heavy atom. The van der Waals surface area contributed by atoms with Crippen LogP contribution in [-0.4, -0.2) is 17.2 Å². The summed E-state index contributed by atoms with van der Waals surface area (Å²) in [5.41, 5.74) is 1.90. The molecule has 0 saturated heterocycles. The van der Waals surface area contributed by atoms with Gasteiger partial charge in [0.05, 0.1) is 11.4 Å². The molecule has 0 radical (unpaired) electrons. The SMILES string of the molecule is O=C1Nc2ccccc2N[C@H]1CC1CC=CS1. The van der Waals surface area contributed by atoms with E-state index in [0.29, 0.717) is 5.25 Å². The molecule has 3 rings (SSSR count). The van der Waals surface area contributed by atoms with Gasteiger partial charge in [0.1, 0.15) is 6.04 Å². The zero-order valence-corrected chi connectivity index (χ0v) is 10.2. The van der Waals surface area contributed by atoms with Crippen molar-refractivity contribution in [1.82, 2.24) is 0 Å². The number of allylic oxidation sites excluding steroid dienone is 1. The van der Waals surface area contributed by atoms with Crippen LogP contribution in [0.15, 0.2) is 35.7 Å². The Labute approximate surface area is 105 Å². The lowest BCUT2D eigenvalue weighted by molar-refractivity contribution is -0.117. The van der Waals surface area contributed by atoms with Gasteiger partial charge in [0.2, 0.25) is 5.91 Å². The van der Waals surface area contributed by atoms with Crippen LogP contribution in [0, 0.1) is 0 Å². The van der Waals surface area contributed by atoms with Gasteiger partial charge in [0.25, 0.3) is 0 Å². The van der Waals surface area contributed by atoms with E-state index < -0.39 is 0 Å². The second-order valence-electron chi connectivity index (χ2n) is 4.33. The lowest BCUT2D eigenvalue weighted by atomic mass is 10.0. The van der Waals surface area contributed by atoms with E-state index in [9.17, 15) is 4.79 Å². The van der Waals surface area contributed by atoms with E-state index in [1.54, 1.807) is 0 Å². The summed E-state index contributed by atoms with van der Waals surface area (Å²) in [6.45, 7) is 0. The van der Waals surface area contributed by atoms with Crippen LogP contribution in [0.5, 0.6) is 0 Å². The van der Waals surface area contributed by atoms with Gasteiger partial charge in [0, 0.05) is 5.25 Å². The predicted octanol–water partition coefficient (Wildman–Crippen LogP) is 2.83. The first-order valence-corrected chi connectivity index (χ1v) is 6.74. The quantitative estimate of drug-likeness (QED) is 0.843. The molecular formula is C13H14N2OS. The second kappa shape index (κ2) is 4.45. The fraction of sp³-hybridized carbons (Fsp3) is 0.308. The Morgan fingerprint density at radius 2 is 2.12 bits per heavy atom. The molecule has 2 N–H and O–H groups in total. The van der Waals surface area contributed by atoms with Gasteiger partial charge in [-0.25, -0.2) is 0 Å². The summed E-state index contributed by atoms with van der Waals surface area (Å²) in [5.74, 6) is 0.0798. The molecule has 1 aromatic carbocycles. The molecule has 1 aromatic rings. The molecule has 2 aliphatic rings. The Hall–Kier alpha value is -1.42. The highest BCUT2D eigenvalue weighted by atomic mass is 32.2. The summed E-state index contributed by atoms with van der Waals surface area (Å²) in [6.07, 6.45) is 4.11. The van der Waals surface area contributed by atoms with Crippen molar-refractivity contribution in [2.45, 2.75) is 24.1 Å². The molecule has 17 heavy (non-hydrogen) atoms. The van der Waals surface area contributed by atoms with Crippen molar-refractivity contribution in [3.63, 3.8) is 0 Å². The van der Waals surface area contributed by atoms with E-state index in [0.717, 1.165) is 24.2 Å². The summed E-state index contributed by atoms with van der Waals surface area (Å²) in [5, 5.41) is 8.93. The number of hydrogen-bond acceptors (Lipinski definition) is 3. The molecule has 3 nitrogen and oxygen atoms in total. The molecular weight excluding hydrogens is 232 g/mol. The number of para-hydroxylation sites is 2. The monoisotopic (exact) mass is 246 g/mol. The number of fused-ring (bicyclic) bond motifs is 1. The Balaban J connectivity index is 1.73. The van der Waals surface area contributed by atoms with Gasteiger partial charge in [-0.2, -0.15) is 0 Å². The van der Waals surface area contributed by atoms with Crippen molar-refractivity contribution in [3.05, 3.63) is 35.7 Å². The van der Waals surface area contributed by atoms with Gasteiger partial charge >= 0.3 is 0 Å². The molecule has 0 spiro atoms. The first-order valence-electron chi connectivity index (χ1n) is 5.80. The van der Waals surface area contributed by atoms with Crippen LogP contribution in [0.25, 0.3) is 0 Å². The number of thioether (sulfide) groups is 1. The average Bonchev–Trinajstić information content (AvgIpc) is 2.83. The van der Waals surface area contributed by atoms with Crippen molar-refractivity contribution < 1.29 is 4.79 Å². The molecule has 0 aliphatic carbocycles. The van der Waals surface area contributed by atoms with Crippen LogP contribution in [0.2, 0.25) is 0 Å². The Kier molecular flexibility index (Phi) is 2.81. The molecule has 88 valence electrons. The predicted molar refractivity (Wildman–Crippen MR) is 72.2 cm³/mol. The number of benzene rings is 1. The lowest BCUT2D eigenvalue weighted by Crippen LogP contribution is -2.40. The normalized spacial score (nSPS) is 26.2. The van der Waals surface area contributed by atoms with Crippen LogP contribution in [0.3, 0.4) is 0 Å². The zero-order valence-electron chi connectivity index (χ0n) is 9.35. The molecule has 0 aromatic heterocycles. The number of anilines is 2. The standard InChI is InChI=1S/C13H14N2OS/c16-13-12(8-9-4-3-7-17-9)14-10-5-1-2-6-11(10)15-13/h1-3,5-7,9,12,14H,4,8H2,(H,15,16)/t9?,12-/m0/s1. The van der Waals surface area contributed by atoms with Crippen LogP contribution in [0.4, 0.5) is 11.4 Å². The minimum atomic E-state index is -0.109. The first-order chi connectivity index (χ1) is 8.33. The third-order valence-electron chi connectivity index (χ3n) is 3.10. The van der Waals surface area contributed by atoms with Crippen molar-refractivity contribution >= 4 is 29.0 Å². The zero-order chi connectivity index (χ0) is 11.7. The second-order valence-corrected chi connectivity index (χ2v) is 5.54. The van der Waals surface area contributed by atoms with Gasteiger partial charge in [-0.1, -0.05) is 18.2 Å². The van der Waals surface area contributed by atoms with Gasteiger partial charge in [-0.05, 0) is 30.4 Å². The van der Waals surface area contributed by atoms with Crippen LogP contribution >= 0.6 is 11.8 Å². The Bertz CT molecular complexity index is 464. The van der Waals surface area contributed by atoms with E-state index in [-0.39, 0.29) is 11.9 Å². The van der Waals surface area contributed by atoms with Crippen molar-refractivity contribution in [1.29, 1.82) is 0 Å². The van der Waals surface area contributed by atoms with Crippen molar-refractivity contribution in [3.8, 4) is 0 Å². The van der Waals surface area contributed by atoms with E-state index in [4.69, 9.17) is 0 Å². The van der Waals surface area contributed by atoms with Crippen LogP contribution < -0.4 is 10.6 Å². The van der Waals surface area contributed by atoms with E-state index in [1.807, 2.05) is 36.0 Å². The average molecular weight is 246 g/mol. The highest BCUT2D eigenvalue weighted by Crippen LogP contribution is 2.32. The van der Waals surface area contributed by atoms with Gasteiger partial charge < -0.3 is 10.6 Å². The number of rotatable bonds is 2. The third kappa shape index (κ3) is 2.17.